The molecule has 1 aromatic rings. The zero-order valence-electron chi connectivity index (χ0n) is 12.1. The van der Waals surface area contributed by atoms with E-state index in [4.69, 9.17) is 0 Å². The molecule has 1 fully saturated rings. The van der Waals surface area contributed by atoms with Crippen LogP contribution in [0.2, 0.25) is 0 Å². The molecule has 2 rings (SSSR count). The van der Waals surface area contributed by atoms with Gasteiger partial charge < -0.3 is 15.3 Å². The molecule has 3 heteroatoms. The summed E-state index contributed by atoms with van der Waals surface area (Å²) in [5.74, 6) is 0.449. The van der Waals surface area contributed by atoms with E-state index in [0.717, 1.165) is 32.5 Å². The fourth-order valence-electron chi connectivity index (χ4n) is 2.88. The average Bonchev–Trinajstić information content (AvgIpc) is 2.94. The van der Waals surface area contributed by atoms with Crippen LogP contribution in [0.3, 0.4) is 0 Å². The fourth-order valence-corrected chi connectivity index (χ4v) is 2.88. The number of nitrogens with one attached hydrogen (secondary N) is 1. The number of benzene rings is 1. The van der Waals surface area contributed by atoms with Crippen LogP contribution in [0.15, 0.2) is 24.3 Å². The average molecular weight is 262 g/mol. The second kappa shape index (κ2) is 6.92. The number of aliphatic hydroxyl groups is 1. The Hall–Kier alpha value is -1.06. The Morgan fingerprint density at radius 1 is 1.32 bits per heavy atom. The third-order valence-corrected chi connectivity index (χ3v) is 4.06. The van der Waals surface area contributed by atoms with Crippen LogP contribution in [0.1, 0.15) is 38.3 Å². The molecule has 0 saturated carbocycles. The van der Waals surface area contributed by atoms with Gasteiger partial charge >= 0.3 is 0 Å². The number of aliphatic hydroxyl groups excluding tert-OH is 1. The third kappa shape index (κ3) is 3.48. The molecule has 3 nitrogen and oxygen atoms in total. The normalized spacial score (nSPS) is 20.8. The first kappa shape index (κ1) is 14.4. The van der Waals surface area contributed by atoms with Gasteiger partial charge in [0.2, 0.25) is 0 Å². The summed E-state index contributed by atoms with van der Waals surface area (Å²) >= 11 is 0. The molecule has 2 N–H and O–H groups in total. The molecule has 19 heavy (non-hydrogen) atoms. The van der Waals surface area contributed by atoms with Crippen LogP contribution in [0.4, 0.5) is 5.69 Å². The van der Waals surface area contributed by atoms with Gasteiger partial charge in [0.15, 0.2) is 0 Å². The fraction of sp³-hybridized carbons (Fsp3) is 0.625. The van der Waals surface area contributed by atoms with E-state index < -0.39 is 0 Å². The zero-order valence-corrected chi connectivity index (χ0v) is 12.1. The van der Waals surface area contributed by atoms with Gasteiger partial charge in [-0.3, -0.25) is 0 Å². The molecule has 1 saturated heterocycles. The van der Waals surface area contributed by atoms with Crippen LogP contribution in [-0.2, 0) is 0 Å². The van der Waals surface area contributed by atoms with E-state index in [1.165, 1.54) is 11.3 Å². The van der Waals surface area contributed by atoms with Gasteiger partial charge in [-0.1, -0.05) is 26.0 Å². The van der Waals surface area contributed by atoms with Crippen molar-refractivity contribution in [3.8, 4) is 0 Å². The van der Waals surface area contributed by atoms with Crippen molar-refractivity contribution >= 4 is 5.69 Å². The minimum absolute atomic E-state index is 0.312. The van der Waals surface area contributed by atoms with Crippen molar-refractivity contribution in [2.75, 3.05) is 31.1 Å². The van der Waals surface area contributed by atoms with Crippen molar-refractivity contribution in [2.45, 2.75) is 32.7 Å². The summed E-state index contributed by atoms with van der Waals surface area (Å²) in [6.07, 6.45) is 2.22. The first-order valence-corrected chi connectivity index (χ1v) is 7.47. The standard InChI is InChI=1S/C16H26N2O/c1-3-16(17-4-2)14-5-7-15(8-6-14)18-10-9-13(11-18)12-19/h5-8,13,16-17,19H,3-4,9-12H2,1-2H3. The van der Waals surface area contributed by atoms with Gasteiger partial charge in [0.05, 0.1) is 0 Å². The van der Waals surface area contributed by atoms with E-state index in [1.54, 1.807) is 0 Å². The quantitative estimate of drug-likeness (QED) is 0.827. The molecule has 1 aliphatic rings. The molecule has 0 spiro atoms. The van der Waals surface area contributed by atoms with Crippen molar-refractivity contribution in [1.82, 2.24) is 5.32 Å². The Labute approximate surface area is 116 Å². The molecular formula is C16H26N2O. The molecule has 0 bridgehead atoms. The SMILES string of the molecule is CCNC(CC)c1ccc(N2CCC(CO)C2)cc1. The van der Waals surface area contributed by atoms with Crippen molar-refractivity contribution in [3.05, 3.63) is 29.8 Å². The molecule has 0 aliphatic carbocycles. The summed E-state index contributed by atoms with van der Waals surface area (Å²) in [5.41, 5.74) is 2.65. The lowest BCUT2D eigenvalue weighted by molar-refractivity contribution is 0.238. The maximum atomic E-state index is 9.20. The van der Waals surface area contributed by atoms with Gasteiger partial charge in [-0.05, 0) is 37.1 Å². The van der Waals surface area contributed by atoms with Gasteiger partial charge in [0.25, 0.3) is 0 Å². The highest BCUT2D eigenvalue weighted by Crippen LogP contribution is 2.25. The van der Waals surface area contributed by atoms with Crippen LogP contribution in [0, 0.1) is 5.92 Å². The van der Waals surface area contributed by atoms with Crippen LogP contribution in [0.5, 0.6) is 0 Å². The lowest BCUT2D eigenvalue weighted by Gasteiger charge is -2.21. The Kier molecular flexibility index (Phi) is 5.23. The smallest absolute Gasteiger partial charge is 0.0476 e. The van der Waals surface area contributed by atoms with Gasteiger partial charge in [0.1, 0.15) is 0 Å². The van der Waals surface area contributed by atoms with Crippen molar-refractivity contribution in [1.29, 1.82) is 0 Å². The Morgan fingerprint density at radius 3 is 2.58 bits per heavy atom. The van der Waals surface area contributed by atoms with Gasteiger partial charge in [-0.25, -0.2) is 0 Å². The number of rotatable bonds is 6. The predicted octanol–water partition coefficient (Wildman–Crippen LogP) is 2.57. The molecule has 2 unspecified atom stereocenters. The highest BCUT2D eigenvalue weighted by atomic mass is 16.3. The maximum absolute atomic E-state index is 9.20. The van der Waals surface area contributed by atoms with Gasteiger partial charge in [-0.15, -0.1) is 0 Å². The highest BCUT2D eigenvalue weighted by molar-refractivity contribution is 5.49. The highest BCUT2D eigenvalue weighted by Gasteiger charge is 2.21. The molecule has 1 aromatic carbocycles. The number of nitrogens with zero attached hydrogens (tertiary/aromatic N) is 1. The van der Waals surface area contributed by atoms with Crippen molar-refractivity contribution in [3.63, 3.8) is 0 Å². The van der Waals surface area contributed by atoms with Crippen LogP contribution in [-0.4, -0.2) is 31.3 Å². The molecule has 0 radical (unpaired) electrons. The Morgan fingerprint density at radius 2 is 2.05 bits per heavy atom. The molecule has 2 atom stereocenters. The number of hydrogen-bond donors (Lipinski definition) is 2. The largest absolute Gasteiger partial charge is 0.396 e. The summed E-state index contributed by atoms with van der Waals surface area (Å²) < 4.78 is 0. The monoisotopic (exact) mass is 262 g/mol. The zero-order chi connectivity index (χ0) is 13.7. The lowest BCUT2D eigenvalue weighted by atomic mass is 10.0. The third-order valence-electron chi connectivity index (χ3n) is 4.06. The molecule has 1 aliphatic heterocycles. The second-order valence-electron chi connectivity index (χ2n) is 5.39. The summed E-state index contributed by atoms with van der Waals surface area (Å²) in [5, 5.41) is 12.7. The van der Waals surface area contributed by atoms with E-state index in [2.05, 4.69) is 48.3 Å². The van der Waals surface area contributed by atoms with Gasteiger partial charge in [0, 0.05) is 37.3 Å². The van der Waals surface area contributed by atoms with E-state index in [9.17, 15) is 5.11 Å². The van der Waals surface area contributed by atoms with Crippen LogP contribution < -0.4 is 10.2 Å². The topological polar surface area (TPSA) is 35.5 Å². The molecule has 0 aromatic heterocycles. The predicted molar refractivity (Wildman–Crippen MR) is 80.6 cm³/mol. The molecule has 1 heterocycles. The van der Waals surface area contributed by atoms with E-state index in [0.29, 0.717) is 18.6 Å². The van der Waals surface area contributed by atoms with Crippen molar-refractivity contribution in [2.24, 2.45) is 5.92 Å². The molecule has 0 amide bonds. The first-order valence-electron chi connectivity index (χ1n) is 7.47. The number of hydrogen-bond acceptors (Lipinski definition) is 3. The van der Waals surface area contributed by atoms with E-state index in [-0.39, 0.29) is 0 Å². The number of anilines is 1. The van der Waals surface area contributed by atoms with E-state index in [1.807, 2.05) is 0 Å². The van der Waals surface area contributed by atoms with Crippen LogP contribution in [0.25, 0.3) is 0 Å². The van der Waals surface area contributed by atoms with Crippen molar-refractivity contribution < 1.29 is 5.11 Å². The summed E-state index contributed by atoms with van der Waals surface area (Å²) in [6.45, 7) is 7.73. The Bertz CT molecular complexity index is 377. The summed E-state index contributed by atoms with van der Waals surface area (Å²) in [4.78, 5) is 2.37. The molecular weight excluding hydrogens is 236 g/mol. The maximum Gasteiger partial charge on any atom is 0.0476 e. The lowest BCUT2D eigenvalue weighted by Crippen LogP contribution is -2.22. The second-order valence-corrected chi connectivity index (χ2v) is 5.39. The summed E-state index contributed by atoms with van der Waals surface area (Å²) in [7, 11) is 0. The molecule has 106 valence electrons. The summed E-state index contributed by atoms with van der Waals surface area (Å²) in [6, 6.07) is 9.36. The first-order chi connectivity index (χ1) is 9.28. The van der Waals surface area contributed by atoms with Gasteiger partial charge in [-0.2, -0.15) is 0 Å². The van der Waals surface area contributed by atoms with E-state index >= 15 is 0 Å². The Balaban J connectivity index is 2.02. The minimum atomic E-state index is 0.312. The minimum Gasteiger partial charge on any atom is -0.396 e. The van der Waals surface area contributed by atoms with Crippen LogP contribution >= 0.6 is 0 Å².